The van der Waals surface area contributed by atoms with Crippen LogP contribution in [0.4, 0.5) is 6.01 Å². The van der Waals surface area contributed by atoms with Gasteiger partial charge >= 0.3 is 0 Å². The second-order valence-corrected chi connectivity index (χ2v) is 9.97. The van der Waals surface area contributed by atoms with Crippen molar-refractivity contribution in [2.45, 2.75) is 19.9 Å². The largest absolute Gasteiger partial charge is 0.424 e. The number of oxazole rings is 1. The summed E-state index contributed by atoms with van der Waals surface area (Å²) in [6, 6.07) is 18.4. The minimum Gasteiger partial charge on any atom is -0.424 e. The maximum Gasteiger partial charge on any atom is 0.295 e. The Labute approximate surface area is 190 Å². The summed E-state index contributed by atoms with van der Waals surface area (Å²) in [6.07, 6.45) is 0. The Balaban J connectivity index is 1.26. The molecular weight excluding hydrogens is 420 g/mol. The number of fused-ring (bicyclic) bond motifs is 2. The molecule has 4 aromatic rings. The van der Waals surface area contributed by atoms with Gasteiger partial charge in [0, 0.05) is 13.1 Å². The molecule has 0 bridgehead atoms. The molecule has 2 aromatic heterocycles. The zero-order valence-corrected chi connectivity index (χ0v) is 18.8. The van der Waals surface area contributed by atoms with Crippen molar-refractivity contribution >= 4 is 34.4 Å². The van der Waals surface area contributed by atoms with Gasteiger partial charge < -0.3 is 14.6 Å². The van der Waals surface area contributed by atoms with Crippen LogP contribution in [0.1, 0.15) is 22.4 Å². The molecule has 1 saturated heterocycles. The fraction of sp³-hybridized carbons (Fsp3) is 0.320. The number of piperidine rings is 1. The molecule has 6 nitrogen and oxygen atoms in total. The number of likely N-dealkylation sites (tertiary alicyclic amines) is 1. The fourth-order valence-electron chi connectivity index (χ4n) is 5.19. The number of aryl methyl sites for hydroxylation is 1. The average Bonchev–Trinajstić information content (AvgIpc) is 3.21. The predicted molar refractivity (Wildman–Crippen MR) is 126 cm³/mol. The monoisotopic (exact) mass is 444 g/mol. The van der Waals surface area contributed by atoms with Gasteiger partial charge in [-0.05, 0) is 42.4 Å². The van der Waals surface area contributed by atoms with Crippen LogP contribution in [-0.4, -0.2) is 39.9 Å². The molecule has 1 amide bonds. The number of hydrogen-bond donors (Lipinski definition) is 1. The van der Waals surface area contributed by atoms with Crippen LogP contribution in [0.25, 0.3) is 21.5 Å². The van der Waals surface area contributed by atoms with Gasteiger partial charge in [0.25, 0.3) is 11.9 Å². The Hall–Kier alpha value is -3.19. The van der Waals surface area contributed by atoms with Crippen LogP contribution in [0, 0.1) is 24.7 Å². The number of aromatic nitrogens is 2. The summed E-state index contributed by atoms with van der Waals surface area (Å²) < 4.78 is 5.83. The van der Waals surface area contributed by atoms with E-state index in [0.29, 0.717) is 36.0 Å². The summed E-state index contributed by atoms with van der Waals surface area (Å²) in [6.45, 7) is 5.65. The molecule has 1 N–H and O–H groups in total. The minimum atomic E-state index is 0.0250. The summed E-state index contributed by atoms with van der Waals surface area (Å²) >= 11 is 1.58. The Morgan fingerprint density at radius 3 is 2.75 bits per heavy atom. The molecule has 3 heterocycles. The number of para-hydroxylation sites is 2. The predicted octanol–water partition coefficient (Wildman–Crippen LogP) is 5.08. The van der Waals surface area contributed by atoms with Crippen molar-refractivity contribution in [3.63, 3.8) is 0 Å². The summed E-state index contributed by atoms with van der Waals surface area (Å²) in [7, 11) is 0. The third-order valence-electron chi connectivity index (χ3n) is 6.88. The molecule has 1 aliphatic carbocycles. The lowest BCUT2D eigenvalue weighted by Crippen LogP contribution is -2.43. The van der Waals surface area contributed by atoms with Crippen molar-refractivity contribution in [1.82, 2.24) is 14.9 Å². The van der Waals surface area contributed by atoms with E-state index in [0.717, 1.165) is 33.1 Å². The van der Waals surface area contributed by atoms with Crippen molar-refractivity contribution < 1.29 is 9.21 Å². The van der Waals surface area contributed by atoms with Crippen LogP contribution in [0.15, 0.2) is 59.0 Å². The molecule has 7 heteroatoms. The van der Waals surface area contributed by atoms with E-state index >= 15 is 0 Å². The van der Waals surface area contributed by atoms with Gasteiger partial charge in [0.2, 0.25) is 0 Å². The molecule has 162 valence electrons. The van der Waals surface area contributed by atoms with E-state index in [2.05, 4.69) is 22.2 Å². The van der Waals surface area contributed by atoms with E-state index in [-0.39, 0.29) is 11.9 Å². The summed E-state index contributed by atoms with van der Waals surface area (Å²) in [5, 5.41) is 4.26. The Bertz CT molecular complexity index is 1260. The van der Waals surface area contributed by atoms with E-state index in [1.807, 2.05) is 66.4 Å². The van der Waals surface area contributed by atoms with Gasteiger partial charge in [0.1, 0.15) is 11.2 Å². The first kappa shape index (κ1) is 19.5. The summed E-state index contributed by atoms with van der Waals surface area (Å²) in [5.41, 5.74) is 3.20. The number of nitrogens with zero attached hydrogens (tertiary/aromatic N) is 3. The van der Waals surface area contributed by atoms with E-state index in [9.17, 15) is 4.79 Å². The van der Waals surface area contributed by atoms with Crippen molar-refractivity contribution in [2.24, 2.45) is 17.8 Å². The smallest absolute Gasteiger partial charge is 0.295 e. The van der Waals surface area contributed by atoms with Crippen LogP contribution in [-0.2, 0) is 0 Å². The average molecular weight is 445 g/mol. The Morgan fingerprint density at radius 1 is 1.16 bits per heavy atom. The van der Waals surface area contributed by atoms with Crippen LogP contribution < -0.4 is 5.32 Å². The van der Waals surface area contributed by atoms with Gasteiger partial charge in [-0.2, -0.15) is 4.98 Å². The van der Waals surface area contributed by atoms with Gasteiger partial charge in [-0.3, -0.25) is 4.79 Å². The second-order valence-electron chi connectivity index (χ2n) is 8.77. The first-order valence-electron chi connectivity index (χ1n) is 11.0. The van der Waals surface area contributed by atoms with Crippen LogP contribution in [0.2, 0.25) is 0 Å². The molecule has 32 heavy (non-hydrogen) atoms. The zero-order valence-electron chi connectivity index (χ0n) is 18.0. The van der Waals surface area contributed by atoms with Crippen LogP contribution in [0.5, 0.6) is 0 Å². The molecule has 6 rings (SSSR count). The normalized spacial score (nSPS) is 24.0. The van der Waals surface area contributed by atoms with Gasteiger partial charge in [-0.25, -0.2) is 4.98 Å². The number of amides is 1. The fourth-order valence-corrected chi connectivity index (χ4v) is 6.10. The van der Waals surface area contributed by atoms with E-state index < -0.39 is 0 Å². The Kier molecular flexibility index (Phi) is 4.54. The molecule has 2 aromatic carbocycles. The lowest BCUT2D eigenvalue weighted by atomic mass is 10.1. The number of nitrogens with one attached hydrogen (secondary N) is 1. The minimum absolute atomic E-state index is 0.0250. The molecule has 0 radical (unpaired) electrons. The standard InChI is InChI=1S/C25H24N4O2S/c1-14-17-13-29(24(30)22-23(32-15(2)27-22)16-8-4-3-5-9-16)19(21(14)17)12-26-25-28-18-10-6-7-11-20(18)31-25/h3-11,14,17,19,21H,12-13H2,1-2H3,(H,26,28). The number of benzene rings is 2. The highest BCUT2D eigenvalue weighted by molar-refractivity contribution is 7.15. The van der Waals surface area contributed by atoms with Gasteiger partial charge in [0.15, 0.2) is 5.58 Å². The van der Waals surface area contributed by atoms with Crippen LogP contribution >= 0.6 is 11.3 Å². The highest BCUT2D eigenvalue weighted by Crippen LogP contribution is 2.55. The molecular formula is C25H24N4O2S. The maximum absolute atomic E-state index is 13.7. The molecule has 2 aliphatic rings. The number of anilines is 1. The number of carbonyl (C=O) groups is 1. The number of thiazole rings is 1. The SMILES string of the molecule is Cc1nc(C(=O)N2CC3C(C)C3C2CNc2nc3ccccc3o2)c(-c2ccccc2)s1. The van der Waals surface area contributed by atoms with E-state index in [1.54, 1.807) is 11.3 Å². The van der Waals surface area contributed by atoms with Crippen molar-refractivity contribution in [3.05, 3.63) is 65.3 Å². The summed E-state index contributed by atoms with van der Waals surface area (Å²) in [4.78, 5) is 25.8. The first-order chi connectivity index (χ1) is 15.6. The molecule has 0 spiro atoms. The highest BCUT2D eigenvalue weighted by atomic mass is 32.1. The van der Waals surface area contributed by atoms with E-state index in [1.165, 1.54) is 0 Å². The molecule has 1 saturated carbocycles. The molecule has 2 fully saturated rings. The Morgan fingerprint density at radius 2 is 1.94 bits per heavy atom. The zero-order chi connectivity index (χ0) is 21.8. The molecule has 4 unspecified atom stereocenters. The van der Waals surface area contributed by atoms with Gasteiger partial charge in [0.05, 0.1) is 15.9 Å². The first-order valence-corrected chi connectivity index (χ1v) is 11.8. The van der Waals surface area contributed by atoms with Crippen molar-refractivity contribution in [1.29, 1.82) is 0 Å². The molecule has 1 aliphatic heterocycles. The molecule has 4 atom stereocenters. The van der Waals surface area contributed by atoms with Crippen LogP contribution in [0.3, 0.4) is 0 Å². The number of rotatable bonds is 5. The third kappa shape index (κ3) is 3.19. The van der Waals surface area contributed by atoms with E-state index in [4.69, 9.17) is 4.42 Å². The maximum atomic E-state index is 13.7. The van der Waals surface area contributed by atoms with Crippen molar-refractivity contribution in [2.75, 3.05) is 18.4 Å². The number of carbonyl (C=O) groups excluding carboxylic acids is 1. The third-order valence-corrected chi connectivity index (χ3v) is 7.90. The lowest BCUT2D eigenvalue weighted by Gasteiger charge is -2.28. The quantitative estimate of drug-likeness (QED) is 0.465. The van der Waals surface area contributed by atoms with Crippen molar-refractivity contribution in [3.8, 4) is 10.4 Å². The van der Waals surface area contributed by atoms with Gasteiger partial charge in [-0.1, -0.05) is 49.4 Å². The number of hydrogen-bond acceptors (Lipinski definition) is 6. The van der Waals surface area contributed by atoms with Gasteiger partial charge in [-0.15, -0.1) is 11.3 Å². The lowest BCUT2D eigenvalue weighted by molar-refractivity contribution is 0.0700. The highest BCUT2D eigenvalue weighted by Gasteiger charge is 2.60. The summed E-state index contributed by atoms with van der Waals surface area (Å²) in [5.74, 6) is 1.74. The second kappa shape index (κ2) is 7.45. The topological polar surface area (TPSA) is 71.3 Å².